The summed E-state index contributed by atoms with van der Waals surface area (Å²) in [5.74, 6) is 0.588. The lowest BCUT2D eigenvalue weighted by molar-refractivity contribution is -0.138. The van der Waals surface area contributed by atoms with Gasteiger partial charge in [-0.05, 0) is 25.2 Å². The van der Waals surface area contributed by atoms with E-state index in [1.165, 1.54) is 0 Å². The third-order valence-electron chi connectivity index (χ3n) is 4.63. The number of allylic oxidation sites excluding steroid dienone is 2. The lowest BCUT2D eigenvalue weighted by Crippen LogP contribution is -2.50. The van der Waals surface area contributed by atoms with Crippen molar-refractivity contribution in [3.8, 4) is 0 Å². The summed E-state index contributed by atoms with van der Waals surface area (Å²) in [4.78, 5) is 38.6. The maximum Gasteiger partial charge on any atom is 0.314 e. The van der Waals surface area contributed by atoms with E-state index in [-0.39, 0.29) is 17.8 Å². The van der Waals surface area contributed by atoms with Gasteiger partial charge in [0.05, 0.1) is 0 Å². The number of carbonyl (C=O) groups is 3. The van der Waals surface area contributed by atoms with E-state index >= 15 is 0 Å². The lowest BCUT2D eigenvalue weighted by Gasteiger charge is -2.34. The number of carbonyl (C=O) groups excluding carboxylic acids is 3. The fourth-order valence-corrected chi connectivity index (χ4v) is 3.05. The Morgan fingerprint density at radius 2 is 1.75 bits per heavy atom. The molecule has 2 rings (SSSR count). The van der Waals surface area contributed by atoms with Crippen LogP contribution in [0.5, 0.6) is 0 Å². The van der Waals surface area contributed by atoms with E-state index in [2.05, 4.69) is 22.8 Å². The Bertz CT molecular complexity index is 484. The summed E-state index contributed by atoms with van der Waals surface area (Å²) in [5, 5.41) is 5.61. The molecule has 1 saturated heterocycles. The molecule has 24 heavy (non-hydrogen) atoms. The van der Waals surface area contributed by atoms with E-state index in [9.17, 15) is 14.4 Å². The van der Waals surface area contributed by atoms with Crippen molar-refractivity contribution >= 4 is 17.8 Å². The third-order valence-corrected chi connectivity index (χ3v) is 4.63. The number of rotatable bonds is 5. The van der Waals surface area contributed by atoms with E-state index in [1.807, 2.05) is 0 Å². The molecule has 0 aromatic carbocycles. The molecule has 0 aromatic heterocycles. The average molecular weight is 336 g/mol. The number of hydrogen-bond donors (Lipinski definition) is 2. The second-order valence-corrected chi connectivity index (χ2v) is 6.42. The van der Waals surface area contributed by atoms with Crippen molar-refractivity contribution in [2.24, 2.45) is 5.92 Å². The van der Waals surface area contributed by atoms with Crippen LogP contribution >= 0.6 is 0 Å². The summed E-state index contributed by atoms with van der Waals surface area (Å²) < 4.78 is 0. The molecule has 0 aromatic rings. The molecule has 1 atom stereocenters. The Kier molecular flexibility index (Phi) is 7.08. The van der Waals surface area contributed by atoms with Crippen molar-refractivity contribution in [1.29, 1.82) is 0 Å². The number of hydrogen-bond acceptors (Lipinski definition) is 3. The van der Waals surface area contributed by atoms with Crippen LogP contribution < -0.4 is 10.6 Å². The second-order valence-electron chi connectivity index (χ2n) is 6.42. The van der Waals surface area contributed by atoms with Gasteiger partial charge in [-0.1, -0.05) is 12.2 Å². The molecule has 134 valence electrons. The third kappa shape index (κ3) is 5.86. The predicted molar refractivity (Wildman–Crippen MR) is 91.3 cm³/mol. The summed E-state index contributed by atoms with van der Waals surface area (Å²) in [7, 11) is 0. The molecular weight excluding hydrogens is 308 g/mol. The number of nitrogens with zero attached hydrogens (tertiary/aromatic N) is 2. The zero-order chi connectivity index (χ0) is 17.4. The highest BCUT2D eigenvalue weighted by Crippen LogP contribution is 2.16. The van der Waals surface area contributed by atoms with Crippen molar-refractivity contribution in [3.63, 3.8) is 0 Å². The van der Waals surface area contributed by atoms with Gasteiger partial charge in [0.15, 0.2) is 0 Å². The lowest BCUT2D eigenvalue weighted by atomic mass is 9.94. The van der Waals surface area contributed by atoms with Gasteiger partial charge in [0.25, 0.3) is 0 Å². The van der Waals surface area contributed by atoms with E-state index in [0.717, 1.165) is 19.3 Å². The maximum atomic E-state index is 12.1. The van der Waals surface area contributed by atoms with Gasteiger partial charge in [-0.3, -0.25) is 9.59 Å². The van der Waals surface area contributed by atoms with Gasteiger partial charge in [0.2, 0.25) is 11.8 Å². The minimum Gasteiger partial charge on any atom is -0.339 e. The zero-order valence-corrected chi connectivity index (χ0v) is 14.4. The van der Waals surface area contributed by atoms with Crippen LogP contribution in [0.4, 0.5) is 4.79 Å². The first kappa shape index (κ1) is 18.3. The van der Waals surface area contributed by atoms with Gasteiger partial charge >= 0.3 is 6.03 Å². The fraction of sp³-hybridized carbons (Fsp3) is 0.706. The molecule has 0 bridgehead atoms. The van der Waals surface area contributed by atoms with Gasteiger partial charge in [-0.2, -0.15) is 0 Å². The Morgan fingerprint density at radius 1 is 1.04 bits per heavy atom. The van der Waals surface area contributed by atoms with E-state index < -0.39 is 0 Å². The zero-order valence-electron chi connectivity index (χ0n) is 14.4. The summed E-state index contributed by atoms with van der Waals surface area (Å²) in [6.07, 6.45) is 7.85. The van der Waals surface area contributed by atoms with Crippen LogP contribution in [0.3, 0.4) is 0 Å². The number of piperazine rings is 1. The SMILES string of the molecule is CC(=O)N1CCN(C(=O)CCNC(=O)NC[C@H]2CC=CCC2)CC1. The van der Waals surface area contributed by atoms with Crippen LogP contribution in [-0.2, 0) is 9.59 Å². The van der Waals surface area contributed by atoms with Crippen LogP contribution in [0.1, 0.15) is 32.6 Å². The van der Waals surface area contributed by atoms with Crippen molar-refractivity contribution in [1.82, 2.24) is 20.4 Å². The Balaban J connectivity index is 1.56. The minimum atomic E-state index is -0.209. The summed E-state index contributed by atoms with van der Waals surface area (Å²) >= 11 is 0. The fourth-order valence-electron chi connectivity index (χ4n) is 3.05. The number of nitrogens with one attached hydrogen (secondary N) is 2. The number of amides is 4. The molecule has 0 spiro atoms. The Hall–Kier alpha value is -2.05. The predicted octanol–water partition coefficient (Wildman–Crippen LogP) is 0.723. The summed E-state index contributed by atoms with van der Waals surface area (Å²) in [6, 6.07) is -0.209. The molecule has 0 unspecified atom stereocenters. The molecule has 7 heteroatoms. The molecular formula is C17H28N4O3. The summed E-state index contributed by atoms with van der Waals surface area (Å²) in [6.45, 7) is 4.87. The van der Waals surface area contributed by atoms with Gasteiger partial charge in [-0.15, -0.1) is 0 Å². The summed E-state index contributed by atoms with van der Waals surface area (Å²) in [5.41, 5.74) is 0. The van der Waals surface area contributed by atoms with Crippen molar-refractivity contribution in [2.75, 3.05) is 39.3 Å². The highest BCUT2D eigenvalue weighted by Gasteiger charge is 2.22. The van der Waals surface area contributed by atoms with Gasteiger partial charge in [0.1, 0.15) is 0 Å². The van der Waals surface area contributed by atoms with E-state index in [4.69, 9.17) is 0 Å². The smallest absolute Gasteiger partial charge is 0.314 e. The molecule has 1 heterocycles. The highest BCUT2D eigenvalue weighted by atomic mass is 16.2. The van der Waals surface area contributed by atoms with Crippen molar-refractivity contribution in [2.45, 2.75) is 32.6 Å². The van der Waals surface area contributed by atoms with Crippen molar-refractivity contribution < 1.29 is 14.4 Å². The first-order valence-corrected chi connectivity index (χ1v) is 8.76. The van der Waals surface area contributed by atoms with Crippen LogP contribution in [0.15, 0.2) is 12.2 Å². The average Bonchev–Trinajstić information content (AvgIpc) is 2.61. The Labute approximate surface area is 143 Å². The number of urea groups is 1. The topological polar surface area (TPSA) is 81.8 Å². The van der Waals surface area contributed by atoms with Crippen LogP contribution in [0, 0.1) is 5.92 Å². The second kappa shape index (κ2) is 9.30. The molecule has 1 fully saturated rings. The molecule has 7 nitrogen and oxygen atoms in total. The maximum absolute atomic E-state index is 12.1. The normalized spacial score (nSPS) is 20.6. The Morgan fingerprint density at radius 3 is 2.38 bits per heavy atom. The quantitative estimate of drug-likeness (QED) is 0.726. The molecule has 1 aliphatic heterocycles. The molecule has 1 aliphatic carbocycles. The van der Waals surface area contributed by atoms with Gasteiger partial charge in [0, 0.05) is 52.6 Å². The van der Waals surface area contributed by atoms with Crippen LogP contribution in [0.2, 0.25) is 0 Å². The highest BCUT2D eigenvalue weighted by molar-refractivity contribution is 5.79. The molecule has 0 radical (unpaired) electrons. The van der Waals surface area contributed by atoms with Gasteiger partial charge in [-0.25, -0.2) is 4.79 Å². The standard InChI is InChI=1S/C17H28N4O3/c1-14(22)20-9-11-21(12-10-20)16(23)7-8-18-17(24)19-13-15-5-3-2-4-6-15/h2-3,15H,4-13H2,1H3,(H2,18,19,24)/t15-/m0/s1. The van der Waals surface area contributed by atoms with Gasteiger partial charge < -0.3 is 20.4 Å². The first-order valence-electron chi connectivity index (χ1n) is 8.76. The van der Waals surface area contributed by atoms with Crippen LogP contribution in [0.25, 0.3) is 0 Å². The van der Waals surface area contributed by atoms with E-state index in [1.54, 1.807) is 16.7 Å². The monoisotopic (exact) mass is 336 g/mol. The molecule has 4 amide bonds. The molecule has 0 saturated carbocycles. The first-order chi connectivity index (χ1) is 11.6. The van der Waals surface area contributed by atoms with E-state index in [0.29, 0.717) is 51.6 Å². The van der Waals surface area contributed by atoms with Crippen LogP contribution in [-0.4, -0.2) is 66.9 Å². The largest absolute Gasteiger partial charge is 0.339 e. The van der Waals surface area contributed by atoms with Crippen molar-refractivity contribution in [3.05, 3.63) is 12.2 Å². The molecule has 2 aliphatic rings. The molecule has 2 N–H and O–H groups in total. The minimum absolute atomic E-state index is 0.0240.